The van der Waals surface area contributed by atoms with Crippen LogP contribution in [-0.2, 0) is 6.42 Å². The molecule has 0 radical (unpaired) electrons. The molecule has 0 aliphatic heterocycles. The van der Waals surface area contributed by atoms with Crippen molar-refractivity contribution in [2.24, 2.45) is 5.92 Å². The Morgan fingerprint density at radius 3 is 2.52 bits per heavy atom. The van der Waals surface area contributed by atoms with Crippen molar-refractivity contribution in [2.75, 3.05) is 0 Å². The molecular weight excluding hydrogens is 283 g/mol. The van der Waals surface area contributed by atoms with Gasteiger partial charge in [0.15, 0.2) is 0 Å². The average molecular weight is 305 g/mol. The molecule has 0 aliphatic carbocycles. The van der Waals surface area contributed by atoms with Gasteiger partial charge in [0.2, 0.25) is 0 Å². The lowest BCUT2D eigenvalue weighted by Gasteiger charge is -2.15. The van der Waals surface area contributed by atoms with E-state index in [1.807, 2.05) is 24.3 Å². The number of halogens is 2. The van der Waals surface area contributed by atoms with Gasteiger partial charge in [0, 0.05) is 10.6 Å². The highest BCUT2D eigenvalue weighted by Gasteiger charge is 2.12. The van der Waals surface area contributed by atoms with Gasteiger partial charge in [0.05, 0.1) is 0 Å². The standard InChI is InChI=1S/C19H22ClF/c1-4-13(2)9-10-15-11-16(21)12-18(14(15)3)17-7-5-6-8-19(17)20/h5-8,11-13H,4,9-10H2,1-3H3/t13-/m0/s1. The average Bonchev–Trinajstić information content (AvgIpc) is 2.48. The number of hydrogen-bond donors (Lipinski definition) is 0. The van der Waals surface area contributed by atoms with Crippen molar-refractivity contribution >= 4 is 11.6 Å². The first-order valence-corrected chi connectivity index (χ1v) is 7.94. The van der Waals surface area contributed by atoms with E-state index in [4.69, 9.17) is 11.6 Å². The van der Waals surface area contributed by atoms with Gasteiger partial charge >= 0.3 is 0 Å². The van der Waals surface area contributed by atoms with Crippen molar-refractivity contribution in [2.45, 2.75) is 40.0 Å². The SMILES string of the molecule is CC[C@H](C)CCc1cc(F)cc(-c2ccccc2Cl)c1C. The first-order valence-electron chi connectivity index (χ1n) is 7.56. The molecule has 0 unspecified atom stereocenters. The summed E-state index contributed by atoms with van der Waals surface area (Å²) in [5, 5.41) is 0.666. The van der Waals surface area contributed by atoms with Crippen LogP contribution in [0.2, 0.25) is 5.02 Å². The lowest BCUT2D eigenvalue weighted by Crippen LogP contribution is -2.00. The quantitative estimate of drug-likeness (QED) is 0.597. The topological polar surface area (TPSA) is 0 Å². The molecule has 21 heavy (non-hydrogen) atoms. The van der Waals surface area contributed by atoms with E-state index in [1.54, 1.807) is 12.1 Å². The number of hydrogen-bond acceptors (Lipinski definition) is 0. The fourth-order valence-corrected chi connectivity index (χ4v) is 2.80. The molecule has 0 spiro atoms. The summed E-state index contributed by atoms with van der Waals surface area (Å²) < 4.78 is 14.0. The minimum atomic E-state index is -0.185. The third-order valence-corrected chi connectivity index (χ3v) is 4.58. The predicted octanol–water partition coefficient (Wildman–Crippen LogP) is 6.43. The summed E-state index contributed by atoms with van der Waals surface area (Å²) >= 11 is 6.26. The molecule has 0 nitrogen and oxygen atoms in total. The fourth-order valence-electron chi connectivity index (χ4n) is 2.56. The van der Waals surface area contributed by atoms with Gasteiger partial charge in [-0.15, -0.1) is 0 Å². The molecule has 0 aliphatic rings. The lowest BCUT2D eigenvalue weighted by molar-refractivity contribution is 0.514. The predicted molar refractivity (Wildman–Crippen MR) is 89.4 cm³/mol. The highest BCUT2D eigenvalue weighted by Crippen LogP contribution is 2.33. The highest BCUT2D eigenvalue weighted by molar-refractivity contribution is 6.33. The summed E-state index contributed by atoms with van der Waals surface area (Å²) in [5.41, 5.74) is 4.03. The summed E-state index contributed by atoms with van der Waals surface area (Å²) in [6.45, 7) is 6.49. The smallest absolute Gasteiger partial charge is 0.124 e. The molecule has 112 valence electrons. The van der Waals surface area contributed by atoms with Crippen molar-refractivity contribution in [1.82, 2.24) is 0 Å². The van der Waals surface area contributed by atoms with Gasteiger partial charge in [0.25, 0.3) is 0 Å². The number of rotatable bonds is 5. The molecule has 0 bridgehead atoms. The van der Waals surface area contributed by atoms with Gasteiger partial charge in [-0.05, 0) is 60.6 Å². The molecule has 0 saturated carbocycles. The van der Waals surface area contributed by atoms with E-state index in [0.29, 0.717) is 10.9 Å². The summed E-state index contributed by atoms with van der Waals surface area (Å²) in [5.74, 6) is 0.478. The Morgan fingerprint density at radius 2 is 1.86 bits per heavy atom. The zero-order chi connectivity index (χ0) is 15.4. The van der Waals surface area contributed by atoms with Gasteiger partial charge in [-0.25, -0.2) is 4.39 Å². The molecule has 0 amide bonds. The molecule has 2 heteroatoms. The number of benzene rings is 2. The van der Waals surface area contributed by atoms with E-state index in [0.717, 1.165) is 41.5 Å². The van der Waals surface area contributed by atoms with Crippen molar-refractivity contribution in [1.29, 1.82) is 0 Å². The maximum absolute atomic E-state index is 14.0. The second kappa shape index (κ2) is 7.09. The minimum absolute atomic E-state index is 0.185. The van der Waals surface area contributed by atoms with Gasteiger partial charge in [-0.1, -0.05) is 50.1 Å². The maximum Gasteiger partial charge on any atom is 0.124 e. The zero-order valence-corrected chi connectivity index (χ0v) is 13.7. The minimum Gasteiger partial charge on any atom is -0.207 e. The van der Waals surface area contributed by atoms with Crippen molar-refractivity contribution in [3.8, 4) is 11.1 Å². The monoisotopic (exact) mass is 304 g/mol. The normalized spacial score (nSPS) is 12.4. The van der Waals surface area contributed by atoms with Crippen LogP contribution >= 0.6 is 11.6 Å². The second-order valence-corrected chi connectivity index (χ2v) is 6.18. The van der Waals surface area contributed by atoms with Crippen LogP contribution in [0.5, 0.6) is 0 Å². The molecule has 2 rings (SSSR count). The zero-order valence-electron chi connectivity index (χ0n) is 12.9. The molecule has 2 aromatic carbocycles. The largest absolute Gasteiger partial charge is 0.207 e. The van der Waals surface area contributed by atoms with E-state index >= 15 is 0 Å². The maximum atomic E-state index is 14.0. The van der Waals surface area contributed by atoms with Crippen molar-refractivity contribution in [3.63, 3.8) is 0 Å². The summed E-state index contributed by atoms with van der Waals surface area (Å²) in [6, 6.07) is 10.9. The Kier molecular flexibility index (Phi) is 5.41. The molecule has 0 aromatic heterocycles. The van der Waals surface area contributed by atoms with E-state index in [1.165, 1.54) is 0 Å². The van der Waals surface area contributed by atoms with Gasteiger partial charge in [0.1, 0.15) is 5.82 Å². The molecule has 0 fully saturated rings. The van der Waals surface area contributed by atoms with Crippen LogP contribution in [0, 0.1) is 18.7 Å². The van der Waals surface area contributed by atoms with Crippen molar-refractivity contribution in [3.05, 3.63) is 58.4 Å². The number of aryl methyl sites for hydroxylation is 1. The Hall–Kier alpha value is -1.34. The summed E-state index contributed by atoms with van der Waals surface area (Å²) in [4.78, 5) is 0. The van der Waals surface area contributed by atoms with Crippen molar-refractivity contribution < 1.29 is 4.39 Å². The van der Waals surface area contributed by atoms with Gasteiger partial charge in [-0.3, -0.25) is 0 Å². The van der Waals surface area contributed by atoms with Crippen LogP contribution in [0.3, 0.4) is 0 Å². The molecule has 1 atom stereocenters. The molecule has 0 heterocycles. The lowest BCUT2D eigenvalue weighted by atomic mass is 9.91. The van der Waals surface area contributed by atoms with Gasteiger partial charge in [-0.2, -0.15) is 0 Å². The van der Waals surface area contributed by atoms with E-state index in [9.17, 15) is 4.39 Å². The Labute approximate surface area is 132 Å². The Bertz CT molecular complexity index is 619. The Morgan fingerprint density at radius 1 is 1.14 bits per heavy atom. The van der Waals surface area contributed by atoms with E-state index in [2.05, 4.69) is 20.8 Å². The Balaban J connectivity index is 2.40. The van der Waals surface area contributed by atoms with Crippen LogP contribution in [-0.4, -0.2) is 0 Å². The van der Waals surface area contributed by atoms with E-state index in [-0.39, 0.29) is 5.82 Å². The first-order chi connectivity index (χ1) is 10.0. The van der Waals surface area contributed by atoms with Crippen LogP contribution in [0.25, 0.3) is 11.1 Å². The molecule has 0 saturated heterocycles. The molecular formula is C19H22ClF. The summed E-state index contributed by atoms with van der Waals surface area (Å²) in [7, 11) is 0. The van der Waals surface area contributed by atoms with Crippen LogP contribution in [0.15, 0.2) is 36.4 Å². The summed E-state index contributed by atoms with van der Waals surface area (Å²) in [6.07, 6.45) is 3.16. The highest BCUT2D eigenvalue weighted by atomic mass is 35.5. The second-order valence-electron chi connectivity index (χ2n) is 5.77. The fraction of sp³-hybridized carbons (Fsp3) is 0.368. The molecule has 0 N–H and O–H groups in total. The van der Waals surface area contributed by atoms with E-state index < -0.39 is 0 Å². The molecule has 2 aromatic rings. The third-order valence-electron chi connectivity index (χ3n) is 4.25. The first kappa shape index (κ1) is 16.0. The van der Waals surface area contributed by atoms with Crippen LogP contribution in [0.1, 0.15) is 37.8 Å². The van der Waals surface area contributed by atoms with Crippen LogP contribution in [0.4, 0.5) is 4.39 Å². The van der Waals surface area contributed by atoms with Gasteiger partial charge < -0.3 is 0 Å². The van der Waals surface area contributed by atoms with Crippen LogP contribution < -0.4 is 0 Å². The third kappa shape index (κ3) is 3.85.